The Labute approximate surface area is 129 Å². The van der Waals surface area contributed by atoms with Gasteiger partial charge in [0.05, 0.1) is 0 Å². The molecule has 2 nitrogen and oxygen atoms in total. The van der Waals surface area contributed by atoms with Gasteiger partial charge in [-0.3, -0.25) is 4.90 Å². The van der Waals surface area contributed by atoms with E-state index in [-0.39, 0.29) is 0 Å². The molecule has 2 saturated carbocycles. The first-order valence-corrected chi connectivity index (χ1v) is 10.0. The molecule has 4 unspecified atom stereocenters. The maximum absolute atomic E-state index is 3.91. The van der Waals surface area contributed by atoms with Crippen LogP contribution in [0.5, 0.6) is 0 Å². The highest BCUT2D eigenvalue weighted by Gasteiger charge is 2.48. The Balaban J connectivity index is 1.75. The smallest absolute Gasteiger partial charge is 0.0309 e. The second-order valence-corrected chi connectivity index (χ2v) is 8.51. The molecule has 1 heterocycles. The lowest BCUT2D eigenvalue weighted by molar-refractivity contribution is 0.0256. The van der Waals surface area contributed by atoms with Crippen molar-refractivity contribution in [3.8, 4) is 0 Å². The summed E-state index contributed by atoms with van der Waals surface area (Å²) in [6, 6.07) is 1.60. The topological polar surface area (TPSA) is 15.3 Å². The number of rotatable bonds is 4. The molecule has 3 fully saturated rings. The summed E-state index contributed by atoms with van der Waals surface area (Å²) in [4.78, 5) is 2.93. The van der Waals surface area contributed by atoms with Crippen LogP contribution >= 0.6 is 11.8 Å². The van der Waals surface area contributed by atoms with Gasteiger partial charge in [-0.15, -0.1) is 0 Å². The van der Waals surface area contributed by atoms with Crippen molar-refractivity contribution < 1.29 is 0 Å². The molecular weight excluding hydrogens is 264 g/mol. The molecule has 0 aromatic rings. The van der Waals surface area contributed by atoms with Crippen LogP contribution in [0, 0.1) is 5.92 Å². The van der Waals surface area contributed by atoms with E-state index in [0.29, 0.717) is 5.54 Å². The molecule has 3 aliphatic rings. The molecule has 1 aliphatic heterocycles. The van der Waals surface area contributed by atoms with Crippen LogP contribution in [0.25, 0.3) is 0 Å². The van der Waals surface area contributed by atoms with Gasteiger partial charge in [0.2, 0.25) is 0 Å². The predicted octanol–water partition coefficient (Wildman–Crippen LogP) is 3.51. The highest BCUT2D eigenvalue weighted by molar-refractivity contribution is 7.99. The zero-order valence-corrected chi connectivity index (χ0v) is 14.3. The van der Waals surface area contributed by atoms with Gasteiger partial charge in [-0.2, -0.15) is 11.8 Å². The van der Waals surface area contributed by atoms with Crippen LogP contribution in [0.1, 0.15) is 58.8 Å². The Hall–Kier alpha value is 0.270. The quantitative estimate of drug-likeness (QED) is 0.854. The van der Waals surface area contributed by atoms with Crippen molar-refractivity contribution in [1.82, 2.24) is 10.2 Å². The van der Waals surface area contributed by atoms with Gasteiger partial charge < -0.3 is 5.32 Å². The molecule has 0 amide bonds. The molecule has 0 aromatic heterocycles. The average Bonchev–Trinajstić information content (AvgIpc) is 3.32. The lowest BCUT2D eigenvalue weighted by Crippen LogP contribution is -2.67. The average molecular weight is 297 g/mol. The Kier molecular flexibility index (Phi) is 4.69. The Morgan fingerprint density at radius 3 is 2.60 bits per heavy atom. The number of thioether (sulfide) groups is 1. The van der Waals surface area contributed by atoms with E-state index in [4.69, 9.17) is 0 Å². The standard InChI is InChI=1S/C17H32N2S/c1-4-14-11-18-17(2,13-9-10-13)12-19(14)15-7-5-6-8-16(15)20-3/h13-16,18H,4-12H2,1-3H3. The van der Waals surface area contributed by atoms with Gasteiger partial charge in [0.15, 0.2) is 0 Å². The SMILES string of the molecule is CCC1CNC(C)(C2CC2)CN1C1CCCCC1SC. The molecule has 116 valence electrons. The number of piperazine rings is 1. The zero-order valence-electron chi connectivity index (χ0n) is 13.5. The first-order valence-electron chi connectivity index (χ1n) is 8.71. The number of nitrogens with one attached hydrogen (secondary N) is 1. The Bertz CT molecular complexity index is 331. The maximum Gasteiger partial charge on any atom is 0.0309 e. The van der Waals surface area contributed by atoms with Gasteiger partial charge >= 0.3 is 0 Å². The summed E-state index contributed by atoms with van der Waals surface area (Å²) >= 11 is 2.12. The van der Waals surface area contributed by atoms with Crippen LogP contribution in [0.15, 0.2) is 0 Å². The largest absolute Gasteiger partial charge is 0.308 e. The van der Waals surface area contributed by atoms with Crippen molar-refractivity contribution in [3.05, 3.63) is 0 Å². The van der Waals surface area contributed by atoms with Crippen LogP contribution < -0.4 is 5.32 Å². The summed E-state index contributed by atoms with van der Waals surface area (Å²) in [7, 11) is 0. The molecule has 4 atom stereocenters. The fourth-order valence-electron chi connectivity index (χ4n) is 4.52. The number of nitrogens with zero attached hydrogens (tertiary/aromatic N) is 1. The second kappa shape index (κ2) is 6.18. The second-order valence-electron chi connectivity index (χ2n) is 7.43. The van der Waals surface area contributed by atoms with Crippen molar-refractivity contribution in [2.24, 2.45) is 5.92 Å². The lowest BCUT2D eigenvalue weighted by Gasteiger charge is -2.52. The summed E-state index contributed by atoms with van der Waals surface area (Å²) in [6.07, 6.45) is 12.3. The normalized spacial score (nSPS) is 43.6. The van der Waals surface area contributed by atoms with Crippen molar-refractivity contribution in [2.45, 2.75) is 81.7 Å². The van der Waals surface area contributed by atoms with E-state index in [9.17, 15) is 0 Å². The highest BCUT2D eigenvalue weighted by atomic mass is 32.2. The van der Waals surface area contributed by atoms with E-state index >= 15 is 0 Å². The molecule has 0 spiro atoms. The minimum Gasteiger partial charge on any atom is -0.308 e. The van der Waals surface area contributed by atoms with E-state index in [1.165, 1.54) is 58.0 Å². The van der Waals surface area contributed by atoms with E-state index in [1.54, 1.807) is 0 Å². The van der Waals surface area contributed by atoms with Gasteiger partial charge in [0, 0.05) is 36.0 Å². The van der Waals surface area contributed by atoms with Crippen molar-refractivity contribution in [2.75, 3.05) is 19.3 Å². The fraction of sp³-hybridized carbons (Fsp3) is 1.00. The summed E-state index contributed by atoms with van der Waals surface area (Å²) in [6.45, 7) is 7.36. The van der Waals surface area contributed by atoms with Crippen LogP contribution in [0.2, 0.25) is 0 Å². The molecule has 3 heteroatoms. The number of hydrogen-bond acceptors (Lipinski definition) is 3. The molecular formula is C17H32N2S. The van der Waals surface area contributed by atoms with Gasteiger partial charge in [-0.05, 0) is 51.2 Å². The minimum absolute atomic E-state index is 0.395. The number of hydrogen-bond donors (Lipinski definition) is 1. The molecule has 0 bridgehead atoms. The molecule has 3 rings (SSSR count). The highest BCUT2D eigenvalue weighted by Crippen LogP contribution is 2.43. The lowest BCUT2D eigenvalue weighted by atomic mass is 9.85. The maximum atomic E-state index is 3.91. The molecule has 2 aliphatic carbocycles. The first-order chi connectivity index (χ1) is 9.68. The monoisotopic (exact) mass is 296 g/mol. The zero-order chi connectivity index (χ0) is 14.2. The van der Waals surface area contributed by atoms with Crippen LogP contribution in [0.4, 0.5) is 0 Å². The van der Waals surface area contributed by atoms with Crippen molar-refractivity contribution >= 4 is 11.8 Å². The molecule has 1 N–H and O–H groups in total. The van der Waals surface area contributed by atoms with Gasteiger partial charge in [-0.1, -0.05) is 19.8 Å². The third kappa shape index (κ3) is 2.91. The van der Waals surface area contributed by atoms with Gasteiger partial charge in [0.1, 0.15) is 0 Å². The van der Waals surface area contributed by atoms with E-state index < -0.39 is 0 Å². The molecule has 20 heavy (non-hydrogen) atoms. The first kappa shape index (κ1) is 15.2. The van der Waals surface area contributed by atoms with Gasteiger partial charge in [-0.25, -0.2) is 0 Å². The van der Waals surface area contributed by atoms with Crippen molar-refractivity contribution in [1.29, 1.82) is 0 Å². The summed E-state index contributed by atoms with van der Waals surface area (Å²) in [5.41, 5.74) is 0.395. The van der Waals surface area contributed by atoms with E-state index in [1.807, 2.05) is 0 Å². The fourth-order valence-corrected chi connectivity index (χ4v) is 5.53. The molecule has 0 radical (unpaired) electrons. The Morgan fingerprint density at radius 1 is 1.20 bits per heavy atom. The minimum atomic E-state index is 0.395. The predicted molar refractivity (Wildman–Crippen MR) is 89.5 cm³/mol. The third-order valence-corrected chi connectivity index (χ3v) is 7.22. The summed E-state index contributed by atoms with van der Waals surface area (Å²) in [5.74, 6) is 0.944. The van der Waals surface area contributed by atoms with Crippen LogP contribution in [-0.4, -0.2) is 47.1 Å². The van der Waals surface area contributed by atoms with Crippen LogP contribution in [0.3, 0.4) is 0 Å². The summed E-state index contributed by atoms with van der Waals surface area (Å²) in [5, 5.41) is 4.79. The van der Waals surface area contributed by atoms with Gasteiger partial charge in [0.25, 0.3) is 0 Å². The summed E-state index contributed by atoms with van der Waals surface area (Å²) < 4.78 is 0. The van der Waals surface area contributed by atoms with E-state index in [0.717, 1.165) is 23.3 Å². The molecule has 0 aromatic carbocycles. The molecule has 1 saturated heterocycles. The van der Waals surface area contributed by atoms with E-state index in [2.05, 4.69) is 42.1 Å². The third-order valence-electron chi connectivity index (χ3n) is 6.07. The van der Waals surface area contributed by atoms with Crippen LogP contribution in [-0.2, 0) is 0 Å². The Morgan fingerprint density at radius 2 is 1.95 bits per heavy atom. The van der Waals surface area contributed by atoms with Crippen molar-refractivity contribution in [3.63, 3.8) is 0 Å².